The minimum atomic E-state index is -0.0454. The fraction of sp³-hybridized carbons (Fsp3) is 0.417. The summed E-state index contributed by atoms with van der Waals surface area (Å²) in [6.07, 6.45) is 0. The average Bonchev–Trinajstić information content (AvgIpc) is 2.66. The molecule has 0 saturated carbocycles. The summed E-state index contributed by atoms with van der Waals surface area (Å²) < 4.78 is 1.95. The van der Waals surface area contributed by atoms with Crippen LogP contribution in [0.2, 0.25) is 0 Å². The van der Waals surface area contributed by atoms with Gasteiger partial charge < -0.3 is 9.88 Å². The molecule has 0 radical (unpaired) electrons. The first-order chi connectivity index (χ1) is 8.61. The van der Waals surface area contributed by atoms with E-state index in [1.54, 1.807) is 0 Å². The first-order valence-electron chi connectivity index (χ1n) is 5.75. The molecule has 0 aliphatic heterocycles. The van der Waals surface area contributed by atoms with E-state index >= 15 is 0 Å². The van der Waals surface area contributed by atoms with E-state index in [9.17, 15) is 4.79 Å². The fourth-order valence-corrected chi connectivity index (χ4v) is 2.03. The second-order valence-corrected chi connectivity index (χ2v) is 4.36. The van der Waals surface area contributed by atoms with Crippen LogP contribution in [0.3, 0.4) is 0 Å². The van der Waals surface area contributed by atoms with Gasteiger partial charge in [0, 0.05) is 25.7 Å². The number of amides is 1. The van der Waals surface area contributed by atoms with Crippen LogP contribution < -0.4 is 5.32 Å². The lowest BCUT2D eigenvalue weighted by atomic mass is 10.3. The lowest BCUT2D eigenvalue weighted by molar-refractivity contribution is -0.118. The number of fused-ring (bicyclic) bond motifs is 1. The molecule has 2 aromatic heterocycles. The van der Waals surface area contributed by atoms with Crippen LogP contribution in [0.1, 0.15) is 18.4 Å². The number of hydrogen-bond donors (Lipinski definition) is 1. The van der Waals surface area contributed by atoms with Crippen molar-refractivity contribution in [2.75, 3.05) is 6.54 Å². The number of pyridine rings is 1. The summed E-state index contributed by atoms with van der Waals surface area (Å²) in [5.41, 5.74) is 2.58. The smallest absolute Gasteiger partial charge is 0.216 e. The number of aromatic nitrogens is 3. The molecule has 0 bridgehead atoms. The van der Waals surface area contributed by atoms with Gasteiger partial charge in [-0.2, -0.15) is 0 Å². The molecule has 2 heterocycles. The van der Waals surface area contributed by atoms with Crippen LogP contribution >= 0.6 is 11.6 Å². The van der Waals surface area contributed by atoms with Crippen LogP contribution in [0.4, 0.5) is 0 Å². The van der Waals surface area contributed by atoms with E-state index in [-0.39, 0.29) is 5.91 Å². The number of nitrogens with one attached hydrogen (secondary N) is 1. The molecular weight excluding hydrogens is 252 g/mol. The minimum absolute atomic E-state index is 0.0454. The van der Waals surface area contributed by atoms with Crippen molar-refractivity contribution < 1.29 is 4.79 Å². The maximum atomic E-state index is 10.9. The molecular formula is C12H15ClN4O. The Bertz CT molecular complexity index is 579. The van der Waals surface area contributed by atoms with Crippen LogP contribution in [0.15, 0.2) is 12.1 Å². The van der Waals surface area contributed by atoms with E-state index in [0.717, 1.165) is 22.7 Å². The van der Waals surface area contributed by atoms with Gasteiger partial charge in [-0.15, -0.1) is 11.6 Å². The number of imidazole rings is 1. The highest BCUT2D eigenvalue weighted by atomic mass is 35.5. The quantitative estimate of drug-likeness (QED) is 0.856. The first kappa shape index (κ1) is 12.8. The van der Waals surface area contributed by atoms with Crippen molar-refractivity contribution >= 4 is 28.7 Å². The molecule has 18 heavy (non-hydrogen) atoms. The summed E-state index contributed by atoms with van der Waals surface area (Å²) >= 11 is 5.89. The highest BCUT2D eigenvalue weighted by Crippen LogP contribution is 2.16. The largest absolute Gasteiger partial charge is 0.355 e. The number of rotatable bonds is 4. The van der Waals surface area contributed by atoms with Crippen LogP contribution in [-0.2, 0) is 17.2 Å². The number of alkyl halides is 1. The Balaban J connectivity index is 2.33. The van der Waals surface area contributed by atoms with Crippen molar-refractivity contribution in [3.8, 4) is 0 Å². The van der Waals surface area contributed by atoms with Crippen LogP contribution in [0.25, 0.3) is 11.2 Å². The summed E-state index contributed by atoms with van der Waals surface area (Å²) in [6, 6.07) is 3.86. The molecule has 0 unspecified atom stereocenters. The van der Waals surface area contributed by atoms with Gasteiger partial charge in [0.15, 0.2) is 5.65 Å². The number of halogens is 1. The van der Waals surface area contributed by atoms with Crippen molar-refractivity contribution in [2.24, 2.45) is 0 Å². The third-order valence-corrected chi connectivity index (χ3v) is 2.88. The molecule has 2 aromatic rings. The Labute approximate surface area is 110 Å². The summed E-state index contributed by atoms with van der Waals surface area (Å²) in [5, 5.41) is 2.76. The number of nitrogens with zero attached hydrogens (tertiary/aromatic N) is 3. The summed E-state index contributed by atoms with van der Waals surface area (Å²) in [5.74, 6) is 1.06. The van der Waals surface area contributed by atoms with Gasteiger partial charge >= 0.3 is 0 Å². The Morgan fingerprint density at radius 1 is 1.44 bits per heavy atom. The summed E-state index contributed by atoms with van der Waals surface area (Å²) in [4.78, 5) is 19.8. The normalized spacial score (nSPS) is 10.8. The van der Waals surface area contributed by atoms with E-state index in [0.29, 0.717) is 19.0 Å². The van der Waals surface area contributed by atoms with Gasteiger partial charge in [-0.25, -0.2) is 9.97 Å². The Hall–Kier alpha value is -1.62. The second-order valence-electron chi connectivity index (χ2n) is 4.09. The molecule has 0 spiro atoms. The average molecular weight is 267 g/mol. The Kier molecular flexibility index (Phi) is 3.81. The molecule has 0 aliphatic rings. The van der Waals surface area contributed by atoms with E-state index in [4.69, 9.17) is 11.6 Å². The molecule has 96 valence electrons. The Morgan fingerprint density at radius 2 is 2.22 bits per heavy atom. The van der Waals surface area contributed by atoms with Gasteiger partial charge in [0.05, 0.1) is 5.88 Å². The molecule has 0 saturated heterocycles. The molecule has 5 nitrogen and oxygen atoms in total. The fourth-order valence-electron chi connectivity index (χ4n) is 1.82. The predicted octanol–water partition coefficient (Wildman–Crippen LogP) is 1.61. The highest BCUT2D eigenvalue weighted by Gasteiger charge is 2.11. The lowest BCUT2D eigenvalue weighted by Gasteiger charge is -2.07. The number of aryl methyl sites for hydroxylation is 1. The van der Waals surface area contributed by atoms with Crippen molar-refractivity contribution in [3.05, 3.63) is 23.7 Å². The maximum absolute atomic E-state index is 10.9. The number of hydrogen-bond acceptors (Lipinski definition) is 3. The van der Waals surface area contributed by atoms with Gasteiger partial charge in [0.25, 0.3) is 0 Å². The third kappa shape index (κ3) is 2.61. The molecule has 2 rings (SSSR count). The monoisotopic (exact) mass is 266 g/mol. The number of carbonyl (C=O) groups is 1. The first-order valence-corrected chi connectivity index (χ1v) is 6.28. The SMILES string of the molecule is CC(=O)NCCn1c(CCl)nc2ccc(C)nc21. The Morgan fingerprint density at radius 3 is 2.89 bits per heavy atom. The molecule has 1 N–H and O–H groups in total. The summed E-state index contributed by atoms with van der Waals surface area (Å²) in [6.45, 7) is 4.59. The van der Waals surface area contributed by atoms with Crippen molar-refractivity contribution in [2.45, 2.75) is 26.3 Å². The molecule has 0 aromatic carbocycles. The van der Waals surface area contributed by atoms with Gasteiger partial charge in [-0.1, -0.05) is 0 Å². The van der Waals surface area contributed by atoms with Gasteiger partial charge in [-0.05, 0) is 19.1 Å². The van der Waals surface area contributed by atoms with E-state index < -0.39 is 0 Å². The zero-order valence-electron chi connectivity index (χ0n) is 10.4. The van der Waals surface area contributed by atoms with Crippen LogP contribution in [0.5, 0.6) is 0 Å². The maximum Gasteiger partial charge on any atom is 0.216 e. The standard InChI is InChI=1S/C12H15ClN4O/c1-8-3-4-10-12(15-8)17(11(7-13)16-10)6-5-14-9(2)18/h3-4H,5-7H2,1-2H3,(H,14,18). The van der Waals surface area contributed by atoms with Crippen molar-refractivity contribution in [1.29, 1.82) is 0 Å². The van der Waals surface area contributed by atoms with Crippen LogP contribution in [-0.4, -0.2) is 27.0 Å². The van der Waals surface area contributed by atoms with Gasteiger partial charge in [0.1, 0.15) is 11.3 Å². The van der Waals surface area contributed by atoms with E-state index in [2.05, 4.69) is 15.3 Å². The lowest BCUT2D eigenvalue weighted by Crippen LogP contribution is -2.25. The highest BCUT2D eigenvalue weighted by molar-refractivity contribution is 6.16. The van der Waals surface area contributed by atoms with Gasteiger partial charge in [0.2, 0.25) is 5.91 Å². The third-order valence-electron chi connectivity index (χ3n) is 2.64. The molecule has 0 atom stereocenters. The zero-order valence-corrected chi connectivity index (χ0v) is 11.2. The second kappa shape index (κ2) is 5.35. The van der Waals surface area contributed by atoms with Crippen molar-refractivity contribution in [3.63, 3.8) is 0 Å². The predicted molar refractivity (Wildman–Crippen MR) is 70.5 cm³/mol. The van der Waals surface area contributed by atoms with Gasteiger partial charge in [-0.3, -0.25) is 4.79 Å². The molecule has 1 amide bonds. The number of carbonyl (C=O) groups excluding carboxylic acids is 1. The van der Waals surface area contributed by atoms with E-state index in [1.165, 1.54) is 6.92 Å². The summed E-state index contributed by atoms with van der Waals surface area (Å²) in [7, 11) is 0. The molecule has 6 heteroatoms. The van der Waals surface area contributed by atoms with E-state index in [1.807, 2.05) is 23.6 Å². The zero-order chi connectivity index (χ0) is 13.1. The molecule has 0 fully saturated rings. The van der Waals surface area contributed by atoms with Crippen LogP contribution in [0, 0.1) is 6.92 Å². The topological polar surface area (TPSA) is 59.8 Å². The minimum Gasteiger partial charge on any atom is -0.355 e. The molecule has 0 aliphatic carbocycles. The van der Waals surface area contributed by atoms with Crippen molar-refractivity contribution in [1.82, 2.24) is 19.9 Å².